The molecule has 0 radical (unpaired) electrons. The van der Waals surface area contributed by atoms with E-state index in [1.165, 1.54) is 17.1 Å². The second kappa shape index (κ2) is 16.7. The predicted octanol–water partition coefficient (Wildman–Crippen LogP) is 4.53. The van der Waals surface area contributed by atoms with Crippen LogP contribution < -0.4 is 0 Å². The number of rotatable bonds is 7. The van der Waals surface area contributed by atoms with Crippen molar-refractivity contribution in [1.82, 2.24) is 20.0 Å². The third-order valence-electron chi connectivity index (χ3n) is 2.73. The number of aryl methyl sites for hydroxylation is 1. The number of esters is 2. The van der Waals surface area contributed by atoms with E-state index in [-0.39, 0.29) is 19.2 Å². The monoisotopic (exact) mass is 656 g/mol. The molecule has 0 aliphatic rings. The standard InChI is InChI=1S/C8H10BrFN2O2.C6H7BrN2O2.C2H4FI/c1-2-14-8(13)6-5-11-12(4-3-10)7(6)9;1-2-11-6(10)4-3-8-9-5(4)7;3-1-2-4/h5H,2-4H2,1H3;3H,2H2,1H3,(H,8,9);1-2H2. The molecule has 0 aromatic carbocycles. The van der Waals surface area contributed by atoms with Gasteiger partial charge in [0, 0.05) is 4.43 Å². The summed E-state index contributed by atoms with van der Waals surface area (Å²) >= 11 is 8.25. The number of nitrogens with one attached hydrogen (secondary N) is 1. The van der Waals surface area contributed by atoms with Crippen LogP contribution in [0.2, 0.25) is 0 Å². The largest absolute Gasteiger partial charge is 0.462 e. The van der Waals surface area contributed by atoms with Crippen LogP contribution in [0.1, 0.15) is 34.6 Å². The average Bonchev–Trinajstić information content (AvgIpc) is 3.29. The maximum absolute atomic E-state index is 12.0. The van der Waals surface area contributed by atoms with Gasteiger partial charge in [0.2, 0.25) is 0 Å². The van der Waals surface area contributed by atoms with Gasteiger partial charge in [0.25, 0.3) is 0 Å². The fraction of sp³-hybridized carbons (Fsp3) is 0.500. The predicted molar refractivity (Wildman–Crippen MR) is 119 cm³/mol. The molecule has 0 spiro atoms. The number of aromatic nitrogens is 4. The maximum Gasteiger partial charge on any atom is 0.342 e. The molecule has 29 heavy (non-hydrogen) atoms. The van der Waals surface area contributed by atoms with E-state index in [9.17, 15) is 18.4 Å². The van der Waals surface area contributed by atoms with E-state index >= 15 is 0 Å². The lowest BCUT2D eigenvalue weighted by molar-refractivity contribution is 0.0515. The second-order valence-corrected chi connectivity index (χ2v) is 7.30. The molecule has 0 unspecified atom stereocenters. The highest BCUT2D eigenvalue weighted by atomic mass is 127. The highest BCUT2D eigenvalue weighted by Crippen LogP contribution is 2.17. The number of aromatic amines is 1. The van der Waals surface area contributed by atoms with E-state index in [0.29, 0.717) is 38.0 Å². The zero-order chi connectivity index (χ0) is 22.2. The Kier molecular flexibility index (Phi) is 16.1. The lowest BCUT2D eigenvalue weighted by atomic mass is 10.4. The van der Waals surface area contributed by atoms with E-state index in [4.69, 9.17) is 9.47 Å². The molecular weight excluding hydrogens is 637 g/mol. The van der Waals surface area contributed by atoms with Crippen molar-refractivity contribution in [2.45, 2.75) is 20.4 Å². The van der Waals surface area contributed by atoms with Crippen LogP contribution in [-0.2, 0) is 16.0 Å². The summed E-state index contributed by atoms with van der Waals surface area (Å²) in [6.45, 7) is 3.56. The minimum absolute atomic E-state index is 0.125. The summed E-state index contributed by atoms with van der Waals surface area (Å²) in [6.07, 6.45) is 2.78. The highest BCUT2D eigenvalue weighted by Gasteiger charge is 2.16. The third-order valence-corrected chi connectivity index (χ3v) is 4.58. The van der Waals surface area contributed by atoms with Gasteiger partial charge in [-0.3, -0.25) is 14.2 Å². The van der Waals surface area contributed by atoms with Crippen LogP contribution in [0.3, 0.4) is 0 Å². The molecule has 2 aromatic heterocycles. The van der Waals surface area contributed by atoms with Crippen LogP contribution in [0.25, 0.3) is 0 Å². The van der Waals surface area contributed by atoms with Gasteiger partial charge in [-0.1, -0.05) is 22.6 Å². The molecule has 164 valence electrons. The van der Waals surface area contributed by atoms with Crippen LogP contribution in [-0.4, -0.2) is 62.9 Å². The van der Waals surface area contributed by atoms with Crippen LogP contribution in [0.15, 0.2) is 21.6 Å². The number of carbonyl (C=O) groups is 2. The minimum Gasteiger partial charge on any atom is -0.462 e. The molecule has 1 N–H and O–H groups in total. The molecular formula is C16H21Br2F2IN4O4. The van der Waals surface area contributed by atoms with E-state index in [1.54, 1.807) is 13.8 Å². The summed E-state index contributed by atoms with van der Waals surface area (Å²) < 4.78 is 35.3. The van der Waals surface area contributed by atoms with Crippen molar-refractivity contribution < 1.29 is 27.8 Å². The zero-order valence-corrected chi connectivity index (χ0v) is 21.1. The van der Waals surface area contributed by atoms with E-state index in [2.05, 4.69) is 47.2 Å². The lowest BCUT2D eigenvalue weighted by Crippen LogP contribution is -2.06. The van der Waals surface area contributed by atoms with Crippen molar-refractivity contribution in [2.24, 2.45) is 0 Å². The molecule has 2 aromatic rings. The number of carbonyl (C=O) groups excluding carboxylic acids is 2. The first-order valence-corrected chi connectivity index (χ1v) is 11.4. The topological polar surface area (TPSA) is 99.1 Å². The van der Waals surface area contributed by atoms with Crippen LogP contribution in [0.4, 0.5) is 8.78 Å². The Morgan fingerprint density at radius 3 is 2.07 bits per heavy atom. The molecule has 0 bridgehead atoms. The summed E-state index contributed by atoms with van der Waals surface area (Å²) in [5.41, 5.74) is 0.743. The van der Waals surface area contributed by atoms with Gasteiger partial charge in [0.15, 0.2) is 0 Å². The van der Waals surface area contributed by atoms with Gasteiger partial charge in [-0.05, 0) is 45.7 Å². The fourth-order valence-electron chi connectivity index (χ4n) is 1.57. The van der Waals surface area contributed by atoms with Crippen LogP contribution >= 0.6 is 54.5 Å². The minimum atomic E-state index is -0.525. The molecule has 2 rings (SSSR count). The van der Waals surface area contributed by atoms with Gasteiger partial charge in [-0.2, -0.15) is 10.2 Å². The van der Waals surface area contributed by atoms with Gasteiger partial charge in [-0.25, -0.2) is 14.0 Å². The van der Waals surface area contributed by atoms with Crippen molar-refractivity contribution in [2.75, 3.05) is 31.0 Å². The number of halogens is 5. The van der Waals surface area contributed by atoms with E-state index < -0.39 is 12.6 Å². The van der Waals surface area contributed by atoms with Crippen molar-refractivity contribution >= 4 is 66.4 Å². The summed E-state index contributed by atoms with van der Waals surface area (Å²) in [5, 5.41) is 10.1. The molecule has 0 amide bonds. The van der Waals surface area contributed by atoms with E-state index in [0.717, 1.165) is 0 Å². The first-order valence-electron chi connectivity index (χ1n) is 8.29. The lowest BCUT2D eigenvalue weighted by Gasteiger charge is -2.00. The first-order chi connectivity index (χ1) is 13.9. The molecule has 0 aliphatic heterocycles. The van der Waals surface area contributed by atoms with Gasteiger partial charge in [-0.15, -0.1) is 0 Å². The smallest absolute Gasteiger partial charge is 0.342 e. The van der Waals surface area contributed by atoms with Crippen molar-refractivity contribution in [3.63, 3.8) is 0 Å². The Hall–Kier alpha value is -1.09. The molecule has 0 aliphatic carbocycles. The molecule has 13 heteroatoms. The Bertz CT molecular complexity index is 744. The Balaban J connectivity index is 0.000000466. The third kappa shape index (κ3) is 10.5. The quantitative estimate of drug-likeness (QED) is 0.267. The molecule has 0 saturated heterocycles. The number of H-pyrrole nitrogens is 1. The van der Waals surface area contributed by atoms with Crippen molar-refractivity contribution in [1.29, 1.82) is 0 Å². The summed E-state index contributed by atoms with van der Waals surface area (Å²) in [5.74, 6) is -0.822. The molecule has 8 nitrogen and oxygen atoms in total. The number of nitrogens with zero attached hydrogens (tertiary/aromatic N) is 3. The number of hydrogen-bond donors (Lipinski definition) is 1. The molecule has 0 fully saturated rings. The molecule has 0 saturated carbocycles. The summed E-state index contributed by atoms with van der Waals surface area (Å²) in [4.78, 5) is 22.3. The van der Waals surface area contributed by atoms with Gasteiger partial charge < -0.3 is 9.47 Å². The normalized spacial score (nSPS) is 9.62. The van der Waals surface area contributed by atoms with E-state index in [1.807, 2.05) is 22.6 Å². The number of ether oxygens (including phenoxy) is 2. The highest BCUT2D eigenvalue weighted by molar-refractivity contribution is 14.1. The van der Waals surface area contributed by atoms with Gasteiger partial charge in [0.1, 0.15) is 27.0 Å². The van der Waals surface area contributed by atoms with Crippen LogP contribution in [0.5, 0.6) is 0 Å². The Labute approximate surface area is 197 Å². The Morgan fingerprint density at radius 2 is 1.66 bits per heavy atom. The number of alkyl halides is 3. The molecule has 0 atom stereocenters. The SMILES string of the molecule is CCOC(=O)c1cn[nH]c1Br.CCOC(=O)c1cnn(CCF)c1Br.FCCI. The summed E-state index contributed by atoms with van der Waals surface area (Å²) in [7, 11) is 0. The average molecular weight is 658 g/mol. The number of hydrogen-bond acceptors (Lipinski definition) is 6. The van der Waals surface area contributed by atoms with Gasteiger partial charge >= 0.3 is 11.9 Å². The Morgan fingerprint density at radius 1 is 1.10 bits per heavy atom. The van der Waals surface area contributed by atoms with Crippen molar-refractivity contribution in [3.8, 4) is 0 Å². The molecule has 2 heterocycles. The summed E-state index contributed by atoms with van der Waals surface area (Å²) in [6, 6.07) is 0. The zero-order valence-electron chi connectivity index (χ0n) is 15.8. The second-order valence-electron chi connectivity index (χ2n) is 4.68. The van der Waals surface area contributed by atoms with Crippen molar-refractivity contribution in [3.05, 3.63) is 32.7 Å². The van der Waals surface area contributed by atoms with Gasteiger partial charge in [0.05, 0.1) is 38.8 Å². The van der Waals surface area contributed by atoms with Crippen LogP contribution in [0, 0.1) is 0 Å². The fourth-order valence-corrected chi connectivity index (χ4v) is 2.47. The first kappa shape index (κ1) is 27.9. The maximum atomic E-state index is 12.0.